The molecule has 5 nitrogen and oxygen atoms in total. The number of nitroso groups, excluding NO2 is 1. The van der Waals surface area contributed by atoms with Gasteiger partial charge in [0.15, 0.2) is 0 Å². The third-order valence-corrected chi connectivity index (χ3v) is 9.11. The van der Waals surface area contributed by atoms with Gasteiger partial charge in [0.05, 0.1) is 17.1 Å². The highest BCUT2D eigenvalue weighted by atomic mass is 32.2. The molecule has 6 rings (SSSR count). The van der Waals surface area contributed by atoms with E-state index in [9.17, 15) is 27.3 Å². The first kappa shape index (κ1) is 27.2. The predicted molar refractivity (Wildman–Crippen MR) is 155 cm³/mol. The third kappa shape index (κ3) is 5.04. The van der Waals surface area contributed by atoms with Gasteiger partial charge in [-0.25, -0.2) is 4.39 Å². The van der Waals surface area contributed by atoms with E-state index in [1.54, 1.807) is 18.2 Å². The van der Waals surface area contributed by atoms with E-state index in [2.05, 4.69) is 5.18 Å². The van der Waals surface area contributed by atoms with Crippen LogP contribution in [0.15, 0.2) is 88.2 Å². The summed E-state index contributed by atoms with van der Waals surface area (Å²) in [6.45, 7) is 2.59. The third-order valence-electron chi connectivity index (χ3n) is 7.10. The molecule has 0 unspecified atom stereocenters. The molecule has 41 heavy (non-hydrogen) atoms. The summed E-state index contributed by atoms with van der Waals surface area (Å²) in [6, 6.07) is 20.6. The van der Waals surface area contributed by atoms with Gasteiger partial charge in [-0.1, -0.05) is 29.8 Å². The van der Waals surface area contributed by atoms with E-state index in [0.29, 0.717) is 46.6 Å². The Labute approximate surface area is 240 Å². The summed E-state index contributed by atoms with van der Waals surface area (Å²) >= 11 is 1.94. The summed E-state index contributed by atoms with van der Waals surface area (Å²) in [5, 5.41) is 4.27. The number of fused-ring (bicyclic) bond motifs is 1. The fraction of sp³-hybridized carbons (Fsp3) is 0.167. The molecule has 0 saturated carbocycles. The molecule has 0 radical (unpaired) electrons. The van der Waals surface area contributed by atoms with Crippen molar-refractivity contribution in [1.29, 1.82) is 0 Å². The predicted octanol–water partition coefficient (Wildman–Crippen LogP) is 8.79. The Kier molecular flexibility index (Phi) is 6.95. The number of amides is 1. The first-order valence-electron chi connectivity index (χ1n) is 12.6. The highest BCUT2D eigenvalue weighted by molar-refractivity contribution is 7.98. The van der Waals surface area contributed by atoms with Crippen molar-refractivity contribution in [3.63, 3.8) is 0 Å². The quantitative estimate of drug-likeness (QED) is 0.145. The summed E-state index contributed by atoms with van der Waals surface area (Å²) in [5.74, 6) is -1.74. The van der Waals surface area contributed by atoms with Gasteiger partial charge in [-0.3, -0.25) is 8.77 Å². The van der Waals surface area contributed by atoms with Gasteiger partial charge in [0.1, 0.15) is 10.7 Å². The first-order valence-corrected chi connectivity index (χ1v) is 14.3. The van der Waals surface area contributed by atoms with Gasteiger partial charge in [0, 0.05) is 50.9 Å². The Balaban J connectivity index is 1.58. The van der Waals surface area contributed by atoms with E-state index in [0.717, 1.165) is 16.1 Å². The van der Waals surface area contributed by atoms with Crippen LogP contribution in [0.3, 0.4) is 0 Å². The number of aromatic nitrogens is 1. The number of benzene rings is 3. The second kappa shape index (κ2) is 10.5. The first-order chi connectivity index (χ1) is 19.6. The number of hydrogen-bond acceptors (Lipinski definition) is 5. The van der Waals surface area contributed by atoms with Gasteiger partial charge in [0.25, 0.3) is 5.91 Å². The lowest BCUT2D eigenvalue weighted by atomic mass is 9.96. The molecule has 0 bridgehead atoms. The lowest BCUT2D eigenvalue weighted by Crippen LogP contribution is -2.50. The number of carbonyl (C=O) groups is 1. The molecule has 208 valence electrons. The van der Waals surface area contributed by atoms with E-state index in [1.165, 1.54) is 35.5 Å². The zero-order valence-corrected chi connectivity index (χ0v) is 23.1. The van der Waals surface area contributed by atoms with Crippen LogP contribution in [-0.2, 0) is 11.0 Å². The minimum atomic E-state index is -4.60. The standard InChI is InChI=1S/C30H21F4N3O2S2/c1-17-5-8-22(9-6-17)41-37-25-10-7-20(31)14-24(25)26(23-11-12-40-28(23)30(32,33)34)27(37)18-3-2-4-21(13-18)36-15-19(16-36)29(38)35-39/h2-14,19H,15-16H2,1H3. The Morgan fingerprint density at radius 3 is 2.49 bits per heavy atom. The molecular formula is C30H21F4N3O2S2. The minimum Gasteiger partial charge on any atom is -0.370 e. The van der Waals surface area contributed by atoms with Gasteiger partial charge in [0.2, 0.25) is 0 Å². The second-order valence-electron chi connectivity index (χ2n) is 9.83. The summed E-state index contributed by atoms with van der Waals surface area (Å²) in [4.78, 5) is 24.3. The Morgan fingerprint density at radius 1 is 1.02 bits per heavy atom. The topological polar surface area (TPSA) is 54.7 Å². The summed E-state index contributed by atoms with van der Waals surface area (Å²) in [6.07, 6.45) is -4.60. The maximum Gasteiger partial charge on any atom is 0.426 e. The average molecular weight is 596 g/mol. The largest absolute Gasteiger partial charge is 0.426 e. The number of aryl methyl sites for hydroxylation is 1. The van der Waals surface area contributed by atoms with Crippen molar-refractivity contribution in [2.75, 3.05) is 18.0 Å². The number of alkyl halides is 3. The number of halogens is 4. The molecule has 1 aliphatic heterocycles. The van der Waals surface area contributed by atoms with Crippen molar-refractivity contribution in [2.45, 2.75) is 18.0 Å². The van der Waals surface area contributed by atoms with Crippen LogP contribution >= 0.6 is 23.3 Å². The second-order valence-corrected chi connectivity index (χ2v) is 11.8. The van der Waals surface area contributed by atoms with Crippen LogP contribution in [0.1, 0.15) is 10.4 Å². The van der Waals surface area contributed by atoms with Crippen molar-refractivity contribution in [3.05, 3.63) is 99.3 Å². The lowest BCUT2D eigenvalue weighted by Gasteiger charge is -2.38. The molecule has 0 aliphatic carbocycles. The number of hydrogen-bond donors (Lipinski definition) is 0. The number of nitrogens with zero attached hydrogens (tertiary/aromatic N) is 3. The molecule has 11 heteroatoms. The maximum absolute atomic E-state index is 14.7. The van der Waals surface area contributed by atoms with Crippen LogP contribution in [0.5, 0.6) is 0 Å². The summed E-state index contributed by atoms with van der Waals surface area (Å²) in [7, 11) is 0. The number of anilines is 1. The molecule has 5 aromatic rings. The molecule has 1 fully saturated rings. The molecule has 1 saturated heterocycles. The van der Waals surface area contributed by atoms with Gasteiger partial charge >= 0.3 is 6.18 Å². The molecule has 2 aromatic heterocycles. The van der Waals surface area contributed by atoms with Gasteiger partial charge < -0.3 is 4.90 Å². The van der Waals surface area contributed by atoms with E-state index < -0.39 is 28.7 Å². The summed E-state index contributed by atoms with van der Waals surface area (Å²) < 4.78 is 59.1. The Hall–Kier alpha value is -3.96. The van der Waals surface area contributed by atoms with Gasteiger partial charge in [-0.05, 0) is 72.8 Å². The van der Waals surface area contributed by atoms with Crippen molar-refractivity contribution >= 4 is 45.8 Å². The molecule has 3 heterocycles. The van der Waals surface area contributed by atoms with Crippen LogP contribution in [-0.4, -0.2) is 23.0 Å². The smallest absolute Gasteiger partial charge is 0.370 e. The molecule has 0 N–H and O–H groups in total. The van der Waals surface area contributed by atoms with Crippen LogP contribution in [0, 0.1) is 23.6 Å². The Bertz CT molecular complexity index is 1790. The highest BCUT2D eigenvalue weighted by Crippen LogP contribution is 2.50. The number of rotatable bonds is 6. The SMILES string of the molecule is Cc1ccc(Sn2c(-c3cccc(N4CC(C(=O)N=O)C4)c3)c(-c3ccsc3C(F)(F)F)c3cc(F)ccc32)cc1. The average Bonchev–Trinajstić information content (AvgIpc) is 3.52. The van der Waals surface area contributed by atoms with Crippen molar-refractivity contribution in [1.82, 2.24) is 3.97 Å². The summed E-state index contributed by atoms with van der Waals surface area (Å²) in [5.41, 5.74) is 3.75. The van der Waals surface area contributed by atoms with E-state index in [-0.39, 0.29) is 11.1 Å². The van der Waals surface area contributed by atoms with E-state index in [4.69, 9.17) is 0 Å². The van der Waals surface area contributed by atoms with Gasteiger partial charge in [-0.15, -0.1) is 16.2 Å². The van der Waals surface area contributed by atoms with Crippen LogP contribution in [0.2, 0.25) is 0 Å². The monoisotopic (exact) mass is 595 g/mol. The molecular weight excluding hydrogens is 574 g/mol. The number of carbonyl (C=O) groups excluding carboxylic acids is 1. The van der Waals surface area contributed by atoms with Crippen LogP contribution < -0.4 is 4.90 Å². The minimum absolute atomic E-state index is 0.0200. The highest BCUT2D eigenvalue weighted by Gasteiger charge is 2.38. The molecule has 3 aromatic carbocycles. The maximum atomic E-state index is 14.7. The molecule has 1 aliphatic rings. The lowest BCUT2D eigenvalue weighted by molar-refractivity contribution is -0.133. The molecule has 0 atom stereocenters. The van der Waals surface area contributed by atoms with Gasteiger partial charge in [-0.2, -0.15) is 13.2 Å². The van der Waals surface area contributed by atoms with Crippen LogP contribution in [0.25, 0.3) is 33.3 Å². The molecule has 0 spiro atoms. The van der Waals surface area contributed by atoms with Crippen LogP contribution in [0.4, 0.5) is 23.2 Å². The van der Waals surface area contributed by atoms with E-state index >= 15 is 0 Å². The normalized spacial score (nSPS) is 13.9. The van der Waals surface area contributed by atoms with Crippen molar-refractivity contribution < 1.29 is 22.4 Å². The van der Waals surface area contributed by atoms with Crippen molar-refractivity contribution in [2.24, 2.45) is 11.1 Å². The fourth-order valence-corrected chi connectivity index (χ4v) is 6.85. The van der Waals surface area contributed by atoms with Crippen molar-refractivity contribution in [3.8, 4) is 22.4 Å². The Morgan fingerprint density at radius 2 is 1.78 bits per heavy atom. The van der Waals surface area contributed by atoms with E-state index in [1.807, 2.05) is 52.2 Å². The number of thiophene rings is 1. The zero-order chi connectivity index (χ0) is 28.9. The fourth-order valence-electron chi connectivity index (χ4n) is 5.06. The molecule has 1 amide bonds. The zero-order valence-electron chi connectivity index (χ0n) is 21.5.